The average molecular weight is 258 g/mol. The molecular formula is C11H5F3O4. The van der Waals surface area contributed by atoms with Crippen molar-refractivity contribution in [2.75, 3.05) is 0 Å². The molecule has 1 aromatic carbocycles. The number of alkyl halides is 3. The van der Waals surface area contributed by atoms with Crippen LogP contribution in [0.4, 0.5) is 13.2 Å². The third kappa shape index (κ3) is 1.83. The van der Waals surface area contributed by atoms with Crippen molar-refractivity contribution in [3.8, 4) is 0 Å². The summed E-state index contributed by atoms with van der Waals surface area (Å²) in [4.78, 5) is 22.5. The highest BCUT2D eigenvalue weighted by Crippen LogP contribution is 2.32. The normalized spacial score (nSPS) is 11.7. The maximum atomic E-state index is 12.6. The first kappa shape index (κ1) is 12.2. The average Bonchev–Trinajstić information content (AvgIpc) is 2.27. The Morgan fingerprint density at radius 3 is 2.39 bits per heavy atom. The molecule has 4 nitrogen and oxygen atoms in total. The monoisotopic (exact) mass is 258 g/mol. The number of para-hydroxylation sites is 1. The molecule has 0 aliphatic carbocycles. The third-order valence-corrected chi connectivity index (χ3v) is 2.27. The van der Waals surface area contributed by atoms with Crippen LogP contribution in [0.1, 0.15) is 16.1 Å². The van der Waals surface area contributed by atoms with Crippen LogP contribution in [0, 0.1) is 0 Å². The molecule has 0 amide bonds. The topological polar surface area (TPSA) is 67.5 Å². The van der Waals surface area contributed by atoms with Crippen LogP contribution < -0.4 is 5.43 Å². The number of carboxylic acids is 1. The Balaban J connectivity index is 2.98. The zero-order valence-electron chi connectivity index (χ0n) is 8.62. The van der Waals surface area contributed by atoms with E-state index in [0.29, 0.717) is 0 Å². The highest BCUT2D eigenvalue weighted by molar-refractivity contribution is 5.93. The van der Waals surface area contributed by atoms with E-state index < -0.39 is 28.9 Å². The molecule has 0 aliphatic rings. The highest BCUT2D eigenvalue weighted by atomic mass is 19.4. The smallest absolute Gasteiger partial charge is 0.450 e. The summed E-state index contributed by atoms with van der Waals surface area (Å²) >= 11 is 0. The van der Waals surface area contributed by atoms with Crippen molar-refractivity contribution in [1.82, 2.24) is 0 Å². The maximum absolute atomic E-state index is 12.6. The lowest BCUT2D eigenvalue weighted by Crippen LogP contribution is -2.22. The van der Waals surface area contributed by atoms with Crippen molar-refractivity contribution in [2.45, 2.75) is 6.18 Å². The van der Waals surface area contributed by atoms with Gasteiger partial charge in [-0.25, -0.2) is 4.79 Å². The van der Waals surface area contributed by atoms with Crippen LogP contribution in [0.3, 0.4) is 0 Å². The van der Waals surface area contributed by atoms with Gasteiger partial charge in [0, 0.05) is 0 Å². The van der Waals surface area contributed by atoms with E-state index in [1.165, 1.54) is 18.2 Å². The van der Waals surface area contributed by atoms with Gasteiger partial charge in [-0.2, -0.15) is 13.2 Å². The largest absolute Gasteiger partial charge is 0.477 e. The molecule has 0 aliphatic heterocycles. The zero-order chi connectivity index (χ0) is 13.5. The lowest BCUT2D eigenvalue weighted by molar-refractivity contribution is -0.153. The predicted molar refractivity (Wildman–Crippen MR) is 54.4 cm³/mol. The van der Waals surface area contributed by atoms with E-state index in [1.54, 1.807) is 0 Å². The van der Waals surface area contributed by atoms with E-state index in [4.69, 9.17) is 5.11 Å². The van der Waals surface area contributed by atoms with E-state index in [1.807, 2.05) is 0 Å². The van der Waals surface area contributed by atoms with Gasteiger partial charge in [0.05, 0.1) is 5.39 Å². The quantitative estimate of drug-likeness (QED) is 0.853. The lowest BCUT2D eigenvalue weighted by atomic mass is 10.1. The van der Waals surface area contributed by atoms with E-state index >= 15 is 0 Å². The zero-order valence-corrected chi connectivity index (χ0v) is 8.62. The molecule has 0 fully saturated rings. The number of benzene rings is 1. The number of hydrogen-bond donors (Lipinski definition) is 1. The van der Waals surface area contributed by atoms with Gasteiger partial charge in [-0.05, 0) is 12.1 Å². The van der Waals surface area contributed by atoms with Gasteiger partial charge in [-0.15, -0.1) is 0 Å². The van der Waals surface area contributed by atoms with Gasteiger partial charge in [-0.3, -0.25) is 4.79 Å². The Bertz CT molecular complexity index is 685. The number of halogens is 3. The molecule has 1 aromatic heterocycles. The van der Waals surface area contributed by atoms with Gasteiger partial charge in [0.2, 0.25) is 11.2 Å². The van der Waals surface area contributed by atoms with Crippen molar-refractivity contribution in [3.63, 3.8) is 0 Å². The number of hydrogen-bond acceptors (Lipinski definition) is 3. The Labute approximate surface area is 97.3 Å². The highest BCUT2D eigenvalue weighted by Gasteiger charge is 2.41. The van der Waals surface area contributed by atoms with Crippen LogP contribution in [0.15, 0.2) is 33.5 Å². The fraction of sp³-hybridized carbons (Fsp3) is 0.0909. The molecule has 2 rings (SSSR count). The number of aromatic carboxylic acids is 1. The van der Waals surface area contributed by atoms with Gasteiger partial charge in [0.25, 0.3) is 0 Å². The summed E-state index contributed by atoms with van der Waals surface area (Å²) in [5, 5.41) is 8.50. The summed E-state index contributed by atoms with van der Waals surface area (Å²) in [5.41, 5.74) is -2.92. The summed E-state index contributed by atoms with van der Waals surface area (Å²) < 4.78 is 42.4. The first-order valence-corrected chi connectivity index (χ1v) is 4.68. The number of fused-ring (bicyclic) bond motifs is 1. The SMILES string of the molecule is O=C(O)c1c(C(F)(F)F)oc2ccccc2c1=O. The molecule has 0 saturated carbocycles. The Morgan fingerprint density at radius 2 is 1.83 bits per heavy atom. The molecule has 1 N–H and O–H groups in total. The molecule has 0 unspecified atom stereocenters. The molecule has 7 heteroatoms. The molecule has 18 heavy (non-hydrogen) atoms. The van der Waals surface area contributed by atoms with E-state index in [9.17, 15) is 22.8 Å². The van der Waals surface area contributed by atoms with E-state index in [-0.39, 0.29) is 11.0 Å². The van der Waals surface area contributed by atoms with Gasteiger partial charge in [0.15, 0.2) is 5.56 Å². The van der Waals surface area contributed by atoms with Crippen LogP contribution in [0.2, 0.25) is 0 Å². The predicted octanol–water partition coefficient (Wildman–Crippen LogP) is 2.51. The Hall–Kier alpha value is -2.31. The van der Waals surface area contributed by atoms with Crippen LogP contribution in [-0.2, 0) is 6.18 Å². The second-order valence-corrected chi connectivity index (χ2v) is 3.43. The summed E-state index contributed by atoms with van der Waals surface area (Å²) in [5.74, 6) is -3.76. The van der Waals surface area contributed by atoms with Crippen LogP contribution in [-0.4, -0.2) is 11.1 Å². The molecule has 1 heterocycles. The van der Waals surface area contributed by atoms with Crippen molar-refractivity contribution in [1.29, 1.82) is 0 Å². The first-order valence-electron chi connectivity index (χ1n) is 4.68. The second kappa shape index (κ2) is 3.86. The number of rotatable bonds is 1. The summed E-state index contributed by atoms with van der Waals surface area (Å²) in [7, 11) is 0. The Morgan fingerprint density at radius 1 is 1.22 bits per heavy atom. The van der Waals surface area contributed by atoms with Gasteiger partial charge in [-0.1, -0.05) is 12.1 Å². The molecule has 0 bridgehead atoms. The van der Waals surface area contributed by atoms with Crippen molar-refractivity contribution < 1.29 is 27.5 Å². The molecule has 94 valence electrons. The molecule has 0 radical (unpaired) electrons. The van der Waals surface area contributed by atoms with Gasteiger partial charge >= 0.3 is 12.1 Å². The van der Waals surface area contributed by atoms with Crippen molar-refractivity contribution in [2.24, 2.45) is 0 Å². The van der Waals surface area contributed by atoms with Crippen LogP contribution in [0.25, 0.3) is 11.0 Å². The second-order valence-electron chi connectivity index (χ2n) is 3.43. The molecular weight excluding hydrogens is 253 g/mol. The van der Waals surface area contributed by atoms with Gasteiger partial charge in [0.1, 0.15) is 5.58 Å². The van der Waals surface area contributed by atoms with Crippen molar-refractivity contribution in [3.05, 3.63) is 45.8 Å². The minimum absolute atomic E-state index is 0.206. The minimum atomic E-state index is -5.04. The van der Waals surface area contributed by atoms with Crippen LogP contribution in [0.5, 0.6) is 0 Å². The fourth-order valence-corrected chi connectivity index (χ4v) is 1.54. The molecule has 0 saturated heterocycles. The molecule has 2 aromatic rings. The number of carbonyl (C=O) groups is 1. The fourth-order valence-electron chi connectivity index (χ4n) is 1.54. The van der Waals surface area contributed by atoms with Crippen LogP contribution >= 0.6 is 0 Å². The maximum Gasteiger partial charge on any atom is 0.450 e. The summed E-state index contributed by atoms with van der Waals surface area (Å²) in [6.45, 7) is 0. The standard InChI is InChI=1S/C11H5F3O4/c12-11(13,14)9-7(10(16)17)8(15)5-3-1-2-4-6(5)18-9/h1-4H,(H,16,17). The van der Waals surface area contributed by atoms with E-state index in [2.05, 4.69) is 4.42 Å². The third-order valence-electron chi connectivity index (χ3n) is 2.27. The lowest BCUT2D eigenvalue weighted by Gasteiger charge is -2.09. The minimum Gasteiger partial charge on any atom is -0.477 e. The van der Waals surface area contributed by atoms with Gasteiger partial charge < -0.3 is 9.52 Å². The first-order chi connectivity index (χ1) is 8.32. The summed E-state index contributed by atoms with van der Waals surface area (Å²) in [6.07, 6.45) is -5.04. The Kier molecular flexibility index (Phi) is 2.61. The number of carboxylic acid groups (broad SMARTS) is 1. The molecule has 0 spiro atoms. The van der Waals surface area contributed by atoms with E-state index in [0.717, 1.165) is 6.07 Å². The summed E-state index contributed by atoms with van der Waals surface area (Å²) in [6, 6.07) is 5.15. The molecule has 0 atom stereocenters. The van der Waals surface area contributed by atoms with Crippen molar-refractivity contribution >= 4 is 16.9 Å².